The molecule has 2 aromatic heterocycles. The van der Waals surface area contributed by atoms with Gasteiger partial charge in [-0.25, -0.2) is 14.1 Å². The fraction of sp³-hybridized carbons (Fsp3) is 0.467. The maximum absolute atomic E-state index is 14.3. The van der Waals surface area contributed by atoms with E-state index in [2.05, 4.69) is 15.2 Å². The van der Waals surface area contributed by atoms with Gasteiger partial charge in [0, 0.05) is 12.8 Å². The van der Waals surface area contributed by atoms with E-state index in [4.69, 9.17) is 38.5 Å². The summed E-state index contributed by atoms with van der Waals surface area (Å²) in [6.45, 7) is 4.11. The number of anilines is 1. The zero-order chi connectivity index (χ0) is 34.5. The largest absolute Gasteiger partial charge is 0.459 e. The minimum Gasteiger partial charge on any atom is -0.456 e. The van der Waals surface area contributed by atoms with Crippen LogP contribution in [0.2, 0.25) is 0 Å². The Labute approximate surface area is 275 Å². The van der Waals surface area contributed by atoms with Gasteiger partial charge in [0.1, 0.15) is 48.5 Å². The van der Waals surface area contributed by atoms with E-state index in [1.54, 1.807) is 37.3 Å². The second-order valence-corrected chi connectivity index (χ2v) is 12.6. The molecule has 2 fully saturated rings. The second-order valence-electron chi connectivity index (χ2n) is 10.9. The third kappa shape index (κ3) is 7.43. The number of nitrogens with two attached hydrogens (primary N) is 1. The first-order valence-corrected chi connectivity index (χ1v) is 16.7. The van der Waals surface area contributed by atoms with Crippen molar-refractivity contribution in [3.05, 3.63) is 54.5 Å². The number of carbonyl (C=O) groups is 3. The number of fused-ring (bicyclic) bond motifs is 1. The topological polar surface area (TPSA) is 225 Å². The first kappa shape index (κ1) is 34.7. The average Bonchev–Trinajstić information content (AvgIpc) is 3.62. The predicted molar refractivity (Wildman–Crippen MR) is 164 cm³/mol. The molecule has 0 aliphatic carbocycles. The molecular weight excluding hydrogens is 651 g/mol. The highest BCUT2D eigenvalue weighted by molar-refractivity contribution is 7.52. The van der Waals surface area contributed by atoms with Crippen LogP contribution in [0.25, 0.3) is 5.52 Å². The summed E-state index contributed by atoms with van der Waals surface area (Å²) in [5.41, 5.74) is 4.46. The van der Waals surface area contributed by atoms with Crippen molar-refractivity contribution in [2.24, 2.45) is 0 Å². The third-order valence-corrected chi connectivity index (χ3v) is 9.13. The van der Waals surface area contributed by atoms with Gasteiger partial charge in [0.25, 0.3) is 0 Å². The lowest BCUT2D eigenvalue weighted by Crippen LogP contribution is -2.50. The molecule has 256 valence electrons. The summed E-state index contributed by atoms with van der Waals surface area (Å²) in [6.07, 6.45) is -3.66. The molecule has 6 atom stereocenters. The number of nitriles is 1. The van der Waals surface area contributed by atoms with Gasteiger partial charge in [-0.2, -0.15) is 15.4 Å². The lowest BCUT2D eigenvalue weighted by atomic mass is 9.95. The molecule has 0 saturated carbocycles. The molecule has 0 spiro atoms. The fourth-order valence-corrected chi connectivity index (χ4v) is 6.44. The molecule has 4 heterocycles. The van der Waals surface area contributed by atoms with Gasteiger partial charge >= 0.3 is 25.7 Å². The number of nitrogens with one attached hydrogen (secondary N) is 1. The number of rotatable bonds is 14. The van der Waals surface area contributed by atoms with Crippen LogP contribution in [0.1, 0.15) is 45.4 Å². The summed E-state index contributed by atoms with van der Waals surface area (Å²) < 4.78 is 55.4. The van der Waals surface area contributed by atoms with Crippen LogP contribution in [0.4, 0.5) is 5.82 Å². The molecule has 0 radical (unpaired) electrons. The summed E-state index contributed by atoms with van der Waals surface area (Å²) in [6, 6.07) is 11.9. The molecule has 18 heteroatoms. The molecule has 0 amide bonds. The van der Waals surface area contributed by atoms with Gasteiger partial charge in [-0.05, 0) is 31.2 Å². The normalized spacial score (nSPS) is 24.1. The van der Waals surface area contributed by atoms with E-state index in [1.807, 2.05) is 6.07 Å². The van der Waals surface area contributed by atoms with Crippen LogP contribution in [0.5, 0.6) is 5.75 Å². The number of nitrogens with zero attached hydrogens (tertiary/aromatic N) is 4. The maximum Gasteiger partial charge on any atom is 0.459 e. The van der Waals surface area contributed by atoms with Gasteiger partial charge in [0.05, 0.1) is 18.9 Å². The Hall–Kier alpha value is -4.59. The van der Waals surface area contributed by atoms with Crippen molar-refractivity contribution in [3.8, 4) is 11.8 Å². The van der Waals surface area contributed by atoms with Gasteiger partial charge in [-0.15, -0.1) is 0 Å². The van der Waals surface area contributed by atoms with Crippen LogP contribution in [0.15, 0.2) is 48.8 Å². The summed E-state index contributed by atoms with van der Waals surface area (Å²) in [4.78, 5) is 42.2. The van der Waals surface area contributed by atoms with Crippen molar-refractivity contribution < 1.29 is 51.7 Å². The quantitative estimate of drug-likeness (QED) is 0.141. The highest BCUT2D eigenvalue weighted by Crippen LogP contribution is 2.50. The van der Waals surface area contributed by atoms with Crippen molar-refractivity contribution in [1.82, 2.24) is 19.7 Å². The molecule has 17 nitrogen and oxygen atoms in total. The third-order valence-electron chi connectivity index (χ3n) is 7.50. The summed E-state index contributed by atoms with van der Waals surface area (Å²) in [5, 5.41) is 17.4. The standard InChI is InChI=1S/C30H35N6O11P/c1-4-23(37)44-26-25(21-11-12-22-28(32)33-17-34-36(21)22)46-30(15-31,27(26)45-24(38)5-2)16-42-48(40,47-19-9-7-6-8-10-19)35-18(3)29(39)43-20-13-41-14-20/h6-12,17-18,20,25-27H,4-5,13-14,16H2,1-3H3,(H,35,40)(H2,32,33,34)/t18-,25-,26-,27-,30+,48+/m0/s1. The second kappa shape index (κ2) is 14.7. The van der Waals surface area contributed by atoms with E-state index in [0.717, 1.165) is 0 Å². The molecule has 3 aromatic rings. The number of aromatic nitrogens is 3. The number of hydrogen-bond donors (Lipinski definition) is 2. The smallest absolute Gasteiger partial charge is 0.456 e. The Morgan fingerprint density at radius 1 is 1.12 bits per heavy atom. The number of benzene rings is 1. The molecule has 1 aromatic carbocycles. The highest BCUT2D eigenvalue weighted by atomic mass is 31.2. The van der Waals surface area contributed by atoms with E-state index in [1.165, 1.54) is 36.8 Å². The van der Waals surface area contributed by atoms with Crippen LogP contribution in [-0.2, 0) is 47.2 Å². The van der Waals surface area contributed by atoms with Crippen molar-refractivity contribution in [2.45, 2.75) is 69.7 Å². The maximum atomic E-state index is 14.3. The summed E-state index contributed by atoms with van der Waals surface area (Å²) in [5.74, 6) is -1.93. The van der Waals surface area contributed by atoms with Gasteiger partial charge in [0.2, 0.25) is 5.60 Å². The van der Waals surface area contributed by atoms with Gasteiger partial charge < -0.3 is 33.9 Å². The number of ether oxygens (including phenoxy) is 5. The fourth-order valence-electron chi connectivity index (χ4n) is 4.92. The van der Waals surface area contributed by atoms with Gasteiger partial charge in [-0.1, -0.05) is 32.0 Å². The lowest BCUT2D eigenvalue weighted by Gasteiger charge is -2.31. The molecule has 2 saturated heterocycles. The van der Waals surface area contributed by atoms with Crippen LogP contribution in [0.3, 0.4) is 0 Å². The van der Waals surface area contributed by atoms with E-state index in [9.17, 15) is 24.2 Å². The van der Waals surface area contributed by atoms with Crippen LogP contribution in [0, 0.1) is 11.3 Å². The molecule has 3 N–H and O–H groups in total. The Morgan fingerprint density at radius 2 is 1.83 bits per heavy atom. The van der Waals surface area contributed by atoms with Gasteiger partial charge in [-0.3, -0.25) is 18.9 Å². The lowest BCUT2D eigenvalue weighted by molar-refractivity contribution is -0.173. The van der Waals surface area contributed by atoms with Crippen molar-refractivity contribution in [3.63, 3.8) is 0 Å². The zero-order valence-corrected chi connectivity index (χ0v) is 27.2. The zero-order valence-electron chi connectivity index (χ0n) is 26.3. The number of carbonyl (C=O) groups excluding carboxylic acids is 3. The number of esters is 3. The average molecular weight is 687 g/mol. The molecule has 2 aliphatic heterocycles. The first-order chi connectivity index (χ1) is 23.0. The molecular formula is C30H35N6O11P. The minimum atomic E-state index is -4.54. The van der Waals surface area contributed by atoms with Crippen LogP contribution < -0.4 is 15.3 Å². The number of hydrogen-bond acceptors (Lipinski definition) is 15. The summed E-state index contributed by atoms with van der Waals surface area (Å²) in [7, 11) is -4.54. The van der Waals surface area contributed by atoms with E-state index in [0.29, 0.717) is 5.52 Å². The Kier molecular flexibility index (Phi) is 10.6. The van der Waals surface area contributed by atoms with Crippen LogP contribution in [-0.4, -0.2) is 82.3 Å². The molecule has 0 unspecified atom stereocenters. The first-order valence-electron chi connectivity index (χ1n) is 15.1. The molecule has 2 aliphatic rings. The number of para-hydroxylation sites is 1. The Morgan fingerprint density at radius 3 is 2.48 bits per heavy atom. The van der Waals surface area contributed by atoms with Crippen molar-refractivity contribution in [2.75, 3.05) is 25.6 Å². The highest BCUT2D eigenvalue weighted by Gasteiger charge is 2.62. The van der Waals surface area contributed by atoms with Gasteiger partial charge in [0.15, 0.2) is 18.0 Å². The minimum absolute atomic E-state index is 0.0528. The SMILES string of the molecule is CCC(=O)O[C@H]1[C@H](c2ccc3c(N)ncnn23)O[C@](C#N)(CO[P@](=O)(N[C@@H](C)C(=O)OC2COC2)Oc2ccccc2)[C@H]1OC(=O)CC. The van der Waals surface area contributed by atoms with E-state index >= 15 is 0 Å². The van der Waals surface area contributed by atoms with Crippen molar-refractivity contribution >= 4 is 37.0 Å². The summed E-state index contributed by atoms with van der Waals surface area (Å²) >= 11 is 0. The Bertz CT molecular complexity index is 1730. The Balaban J connectivity index is 1.51. The van der Waals surface area contributed by atoms with E-state index in [-0.39, 0.29) is 43.3 Å². The monoisotopic (exact) mass is 686 g/mol. The molecule has 0 bridgehead atoms. The van der Waals surface area contributed by atoms with Crippen LogP contribution >= 0.6 is 7.75 Å². The van der Waals surface area contributed by atoms with E-state index < -0.39 is 68.3 Å². The number of nitrogen functional groups attached to an aromatic ring is 1. The predicted octanol–water partition coefficient (Wildman–Crippen LogP) is 2.41. The molecule has 5 rings (SSSR count). The molecule has 48 heavy (non-hydrogen) atoms. The van der Waals surface area contributed by atoms with Crippen molar-refractivity contribution in [1.29, 1.82) is 5.26 Å².